The number of benzene rings is 1. The maximum atomic E-state index is 13.7. The van der Waals surface area contributed by atoms with Gasteiger partial charge < -0.3 is 30.1 Å². The number of ether oxygens (including phenoxy) is 1. The maximum Gasteiger partial charge on any atom is 0.469 e. The fraction of sp³-hybridized carbons (Fsp3) is 0.600. The minimum atomic E-state index is -8.69. The predicted molar refractivity (Wildman–Crippen MR) is 116 cm³/mol. The fourth-order valence-electron chi connectivity index (χ4n) is 2.47. The third-order valence-electron chi connectivity index (χ3n) is 4.88. The Kier molecular flexibility index (Phi) is 14.4. The Balaban J connectivity index is 0.00000258. The first-order valence-electron chi connectivity index (χ1n) is 11.2. The van der Waals surface area contributed by atoms with Gasteiger partial charge in [0, 0.05) is 13.1 Å². The van der Waals surface area contributed by atoms with Crippen LogP contribution in [0, 0.1) is 0 Å². The van der Waals surface area contributed by atoms with Crippen molar-refractivity contribution in [1.29, 1.82) is 0 Å². The van der Waals surface area contributed by atoms with E-state index >= 15 is 0 Å². The van der Waals surface area contributed by atoms with Crippen LogP contribution >= 0.6 is 7.82 Å². The molecule has 0 saturated carbocycles. The molecule has 0 aromatic heterocycles. The van der Waals surface area contributed by atoms with Gasteiger partial charge in [0.1, 0.15) is 5.75 Å². The molecule has 0 aliphatic rings. The molecular formula is C20H19F17NO7P. The third-order valence-corrected chi connectivity index (χ3v) is 5.35. The standard InChI is InChI=1S/C16H8F17O5P.C4H11NO2/c17-8(9(18)38-7-3-1-6(2-4-7)5-37-39(34,35)36)10(19,20)11(21,22)12(23,24)13(25,26)14(27,28)15(29,30)16(31,32)33;6-3-1-5-2-4-7/h1-4H,5H2,(H2,34,35,36);5-7H,1-4H2. The van der Waals surface area contributed by atoms with Crippen LogP contribution in [0.5, 0.6) is 5.75 Å². The quantitative estimate of drug-likeness (QED) is 0.0670. The number of allylic oxidation sites excluding steroid dienone is 1. The van der Waals surface area contributed by atoms with Gasteiger partial charge in [0.15, 0.2) is 0 Å². The molecule has 0 fully saturated rings. The van der Waals surface area contributed by atoms with E-state index in [0.717, 1.165) is 0 Å². The summed E-state index contributed by atoms with van der Waals surface area (Å²) in [6.07, 6.45) is -7.82. The first kappa shape index (κ1) is 43.6. The maximum absolute atomic E-state index is 13.7. The number of halogens is 17. The van der Waals surface area contributed by atoms with Gasteiger partial charge in [-0.25, -0.2) is 4.57 Å². The molecule has 26 heteroatoms. The molecule has 0 unspecified atom stereocenters. The summed E-state index contributed by atoms with van der Waals surface area (Å²) in [6, 6.07) is -1.49. The molecule has 0 heterocycles. The van der Waals surface area contributed by atoms with Gasteiger partial charge in [-0.2, -0.15) is 74.6 Å². The van der Waals surface area contributed by atoms with Crippen LogP contribution in [0.15, 0.2) is 36.1 Å². The van der Waals surface area contributed by atoms with Crippen molar-refractivity contribution >= 4 is 7.82 Å². The lowest BCUT2D eigenvalue weighted by atomic mass is 9.91. The van der Waals surface area contributed by atoms with Crippen LogP contribution in [0.2, 0.25) is 0 Å². The Bertz CT molecular complexity index is 1200. The van der Waals surface area contributed by atoms with E-state index in [9.17, 15) is 79.2 Å². The van der Waals surface area contributed by atoms with E-state index in [2.05, 4.69) is 14.6 Å². The van der Waals surface area contributed by atoms with E-state index in [-0.39, 0.29) is 18.8 Å². The topological polar surface area (TPSA) is 128 Å². The third kappa shape index (κ3) is 9.34. The van der Waals surface area contributed by atoms with Crippen molar-refractivity contribution in [2.45, 2.75) is 48.3 Å². The second-order valence-corrected chi connectivity index (χ2v) is 9.48. The first-order valence-corrected chi connectivity index (χ1v) is 12.7. The molecule has 1 rings (SSSR count). The molecule has 0 amide bonds. The molecule has 0 bridgehead atoms. The summed E-state index contributed by atoms with van der Waals surface area (Å²) in [7, 11) is -5.03. The summed E-state index contributed by atoms with van der Waals surface area (Å²) in [4.78, 5) is 17.0. The van der Waals surface area contributed by atoms with Crippen LogP contribution in [0.4, 0.5) is 74.6 Å². The molecule has 270 valence electrons. The van der Waals surface area contributed by atoms with E-state index in [4.69, 9.17) is 20.0 Å². The van der Waals surface area contributed by atoms with E-state index in [1.54, 1.807) is 0 Å². The van der Waals surface area contributed by atoms with Crippen LogP contribution in [-0.2, 0) is 15.7 Å². The van der Waals surface area contributed by atoms with Crippen molar-refractivity contribution in [1.82, 2.24) is 5.32 Å². The van der Waals surface area contributed by atoms with Crippen molar-refractivity contribution in [3.8, 4) is 5.75 Å². The number of alkyl halides is 15. The van der Waals surface area contributed by atoms with Crippen LogP contribution in [-0.4, -0.2) is 88.0 Å². The lowest BCUT2D eigenvalue weighted by Crippen LogP contribution is -2.72. The number of aliphatic hydroxyl groups is 2. The summed E-state index contributed by atoms with van der Waals surface area (Å²) in [6.45, 7) is 0.532. The number of phosphoric acid groups is 1. The highest BCUT2D eigenvalue weighted by molar-refractivity contribution is 7.46. The lowest BCUT2D eigenvalue weighted by molar-refractivity contribution is -0.451. The zero-order chi connectivity index (χ0) is 36.8. The minimum Gasteiger partial charge on any atom is -0.430 e. The number of rotatable bonds is 15. The van der Waals surface area contributed by atoms with Crippen molar-refractivity contribution in [3.63, 3.8) is 0 Å². The molecule has 0 aliphatic carbocycles. The summed E-state index contributed by atoms with van der Waals surface area (Å²) in [5, 5.41) is 19.1. The number of phosphoric ester groups is 1. The normalized spacial score (nSPS) is 14.8. The van der Waals surface area contributed by atoms with Crippen LogP contribution < -0.4 is 10.1 Å². The summed E-state index contributed by atoms with van der Waals surface area (Å²) < 4.78 is 242. The monoisotopic (exact) mass is 739 g/mol. The fourth-order valence-corrected chi connectivity index (χ4v) is 2.79. The van der Waals surface area contributed by atoms with Crippen LogP contribution in [0.25, 0.3) is 0 Å². The highest BCUT2D eigenvalue weighted by Crippen LogP contribution is 2.63. The zero-order valence-corrected chi connectivity index (χ0v) is 22.6. The lowest BCUT2D eigenvalue weighted by Gasteiger charge is -2.41. The van der Waals surface area contributed by atoms with Crippen molar-refractivity contribution in [2.75, 3.05) is 26.3 Å². The largest absolute Gasteiger partial charge is 0.469 e. The van der Waals surface area contributed by atoms with Gasteiger partial charge in [-0.3, -0.25) is 4.52 Å². The van der Waals surface area contributed by atoms with E-state index in [1.165, 1.54) is 0 Å². The van der Waals surface area contributed by atoms with E-state index in [1.807, 2.05) is 0 Å². The average Bonchev–Trinajstić information content (AvgIpc) is 2.91. The molecule has 8 nitrogen and oxygen atoms in total. The Morgan fingerprint density at radius 3 is 1.43 bits per heavy atom. The number of hydrogen-bond donors (Lipinski definition) is 5. The molecule has 1 aromatic rings. The van der Waals surface area contributed by atoms with Crippen LogP contribution in [0.3, 0.4) is 0 Å². The molecule has 0 aliphatic heterocycles. The highest BCUT2D eigenvalue weighted by atomic mass is 31.2. The van der Waals surface area contributed by atoms with Gasteiger partial charge in [0.05, 0.1) is 19.8 Å². The zero-order valence-electron chi connectivity index (χ0n) is 21.7. The summed E-state index contributed by atoms with van der Waals surface area (Å²) in [5.74, 6) is -55.8. The first-order chi connectivity index (χ1) is 20.4. The number of aliphatic hydroxyl groups excluding tert-OH is 2. The molecule has 0 radical (unpaired) electrons. The van der Waals surface area contributed by atoms with Gasteiger partial charge in [-0.1, -0.05) is 12.1 Å². The molecule has 46 heavy (non-hydrogen) atoms. The molecule has 0 spiro atoms. The number of nitrogens with one attached hydrogen (secondary N) is 1. The second-order valence-electron chi connectivity index (χ2n) is 8.24. The minimum absolute atomic E-state index is 0.139. The van der Waals surface area contributed by atoms with Crippen LogP contribution in [0.1, 0.15) is 5.56 Å². The Hall–Kier alpha value is -2.44. The summed E-state index contributed by atoms with van der Waals surface area (Å²) >= 11 is 0. The Morgan fingerprint density at radius 2 is 1.07 bits per heavy atom. The summed E-state index contributed by atoms with van der Waals surface area (Å²) in [5.41, 5.74) is -0.217. The van der Waals surface area contributed by atoms with Gasteiger partial charge in [0.25, 0.3) is 0 Å². The van der Waals surface area contributed by atoms with Crippen molar-refractivity contribution in [3.05, 3.63) is 41.7 Å². The molecule has 0 atom stereocenters. The van der Waals surface area contributed by atoms with Crippen molar-refractivity contribution in [2.24, 2.45) is 0 Å². The smallest absolute Gasteiger partial charge is 0.430 e. The SMILES string of the molecule is O=P(O)(O)OCc1ccc(OC(F)=C(F)C(F)(F)C(F)(F)C(F)(F)C(F)(F)C(F)(F)C(F)(F)C(F)(F)F)cc1.OCCNCCO. The average molecular weight is 739 g/mol. The number of hydrogen-bond acceptors (Lipinski definition) is 6. The Morgan fingerprint density at radius 1 is 0.674 bits per heavy atom. The van der Waals surface area contributed by atoms with Gasteiger partial charge in [0.2, 0.25) is 5.83 Å². The van der Waals surface area contributed by atoms with Gasteiger partial charge in [-0.05, 0) is 17.7 Å². The molecule has 0 saturated heterocycles. The van der Waals surface area contributed by atoms with Crippen molar-refractivity contribution < 1.29 is 108 Å². The van der Waals surface area contributed by atoms with Gasteiger partial charge in [-0.15, -0.1) is 0 Å². The predicted octanol–water partition coefficient (Wildman–Crippen LogP) is 5.72. The second kappa shape index (κ2) is 15.2. The Labute approximate surface area is 244 Å². The van der Waals surface area contributed by atoms with E-state index in [0.29, 0.717) is 37.4 Å². The molecule has 5 N–H and O–H groups in total. The van der Waals surface area contributed by atoms with Gasteiger partial charge >= 0.3 is 55.5 Å². The molecule has 1 aromatic carbocycles. The highest BCUT2D eigenvalue weighted by Gasteiger charge is 2.93. The molecular weight excluding hydrogens is 720 g/mol. The van der Waals surface area contributed by atoms with E-state index < -0.39 is 73.7 Å².